The zero-order valence-corrected chi connectivity index (χ0v) is 18.6. The zero-order valence-electron chi connectivity index (χ0n) is 18.6. The van der Waals surface area contributed by atoms with Crippen LogP contribution in [0.1, 0.15) is 31.3 Å². The molecule has 1 saturated heterocycles. The Morgan fingerprint density at radius 3 is 2.53 bits per heavy atom. The normalized spacial score (nSPS) is 14.1. The number of benzene rings is 1. The molecule has 12 heteroatoms. The lowest BCUT2D eigenvalue weighted by molar-refractivity contribution is -0.158. The molecule has 0 amide bonds. The molecule has 1 aromatic carbocycles. The van der Waals surface area contributed by atoms with Gasteiger partial charge in [-0.1, -0.05) is 5.16 Å². The molecule has 0 unspecified atom stereocenters. The largest absolute Gasteiger partial charge is 0.433 e. The third kappa shape index (κ3) is 4.85. The number of hydrogen-bond donors (Lipinski definition) is 0. The van der Waals surface area contributed by atoms with Gasteiger partial charge in [-0.3, -0.25) is 0 Å². The molecule has 0 saturated carbocycles. The summed E-state index contributed by atoms with van der Waals surface area (Å²) in [5, 5.41) is 8.45. The van der Waals surface area contributed by atoms with Crippen molar-refractivity contribution in [2.45, 2.75) is 39.3 Å². The summed E-state index contributed by atoms with van der Waals surface area (Å²) in [5.41, 5.74) is 1.40. The molecule has 176 valence electrons. The summed E-state index contributed by atoms with van der Waals surface area (Å²) >= 11 is 0. The van der Waals surface area contributed by atoms with Crippen LogP contribution in [-0.4, -0.2) is 54.1 Å². The van der Waals surface area contributed by atoms with Crippen molar-refractivity contribution >= 4 is 5.95 Å². The van der Waals surface area contributed by atoms with E-state index in [1.807, 2.05) is 13.0 Å². The molecular formula is C22H22F2N8O2. The van der Waals surface area contributed by atoms with Gasteiger partial charge in [0.2, 0.25) is 17.6 Å². The standard InChI is InChI=1S/C22H22F2N8O2/c1-14-26-19(29-32(14)13-16-9-10-25-21(27-16)31-11-3-4-12-31)20-28-18(30-34-20)15-5-7-17(8-6-15)33-22(2,23)24/h5-10H,3-4,11-13H2,1-2H3. The van der Waals surface area contributed by atoms with Gasteiger partial charge in [-0.05, 0) is 50.1 Å². The number of aryl methyl sites for hydroxylation is 1. The molecule has 0 aliphatic carbocycles. The van der Waals surface area contributed by atoms with Crippen molar-refractivity contribution < 1.29 is 18.0 Å². The van der Waals surface area contributed by atoms with Crippen LogP contribution in [0.4, 0.5) is 14.7 Å². The van der Waals surface area contributed by atoms with E-state index in [9.17, 15) is 8.78 Å². The molecule has 10 nitrogen and oxygen atoms in total. The lowest BCUT2D eigenvalue weighted by Gasteiger charge is -2.15. The van der Waals surface area contributed by atoms with Crippen molar-refractivity contribution in [2.24, 2.45) is 0 Å². The van der Waals surface area contributed by atoms with Crippen LogP contribution in [-0.2, 0) is 6.54 Å². The summed E-state index contributed by atoms with van der Waals surface area (Å²) in [6.45, 7) is 4.87. The molecule has 1 aliphatic rings. The average molecular weight is 468 g/mol. The third-order valence-electron chi connectivity index (χ3n) is 5.28. The lowest BCUT2D eigenvalue weighted by atomic mass is 10.2. The second-order valence-electron chi connectivity index (χ2n) is 8.04. The van der Waals surface area contributed by atoms with Crippen molar-refractivity contribution in [1.82, 2.24) is 34.9 Å². The number of hydrogen-bond acceptors (Lipinski definition) is 9. The Morgan fingerprint density at radius 1 is 1.03 bits per heavy atom. The van der Waals surface area contributed by atoms with Gasteiger partial charge in [0.1, 0.15) is 11.6 Å². The minimum Gasteiger partial charge on any atom is -0.433 e. The number of anilines is 1. The summed E-state index contributed by atoms with van der Waals surface area (Å²) in [4.78, 5) is 20.0. The van der Waals surface area contributed by atoms with E-state index in [1.165, 1.54) is 12.1 Å². The van der Waals surface area contributed by atoms with Gasteiger partial charge in [0, 0.05) is 31.8 Å². The second-order valence-corrected chi connectivity index (χ2v) is 8.04. The lowest BCUT2D eigenvalue weighted by Crippen LogP contribution is -2.21. The van der Waals surface area contributed by atoms with Gasteiger partial charge in [0.25, 0.3) is 5.89 Å². The zero-order chi connectivity index (χ0) is 23.7. The minimum atomic E-state index is -3.26. The van der Waals surface area contributed by atoms with Crippen LogP contribution >= 0.6 is 0 Å². The van der Waals surface area contributed by atoms with Crippen LogP contribution in [0, 0.1) is 6.92 Å². The van der Waals surface area contributed by atoms with E-state index < -0.39 is 6.11 Å². The molecule has 0 spiro atoms. The molecule has 0 N–H and O–H groups in total. The predicted octanol–water partition coefficient (Wildman–Crippen LogP) is 3.73. The molecule has 1 aliphatic heterocycles. The number of halogens is 2. The maximum absolute atomic E-state index is 13.0. The quantitative estimate of drug-likeness (QED) is 0.401. The third-order valence-corrected chi connectivity index (χ3v) is 5.28. The molecule has 34 heavy (non-hydrogen) atoms. The fraction of sp³-hybridized carbons (Fsp3) is 0.364. The smallest absolute Gasteiger partial charge is 0.394 e. The van der Waals surface area contributed by atoms with E-state index in [0.717, 1.165) is 37.6 Å². The van der Waals surface area contributed by atoms with Crippen molar-refractivity contribution in [3.05, 3.63) is 48.0 Å². The van der Waals surface area contributed by atoms with Gasteiger partial charge in [-0.15, -0.1) is 5.10 Å². The topological polar surface area (TPSA) is 108 Å². The van der Waals surface area contributed by atoms with Crippen molar-refractivity contribution in [3.63, 3.8) is 0 Å². The first-order chi connectivity index (χ1) is 16.3. The van der Waals surface area contributed by atoms with Crippen LogP contribution in [0.2, 0.25) is 0 Å². The van der Waals surface area contributed by atoms with E-state index in [4.69, 9.17) is 4.52 Å². The van der Waals surface area contributed by atoms with Crippen LogP contribution in [0.15, 0.2) is 41.1 Å². The molecule has 5 rings (SSSR count). The highest BCUT2D eigenvalue weighted by Crippen LogP contribution is 2.26. The molecular weight excluding hydrogens is 446 g/mol. The minimum absolute atomic E-state index is 0.0358. The number of nitrogens with zero attached hydrogens (tertiary/aromatic N) is 8. The van der Waals surface area contributed by atoms with E-state index in [0.29, 0.717) is 24.9 Å². The molecule has 0 radical (unpaired) electrons. The van der Waals surface area contributed by atoms with Crippen LogP contribution in [0.25, 0.3) is 23.1 Å². The number of rotatable bonds is 7. The van der Waals surface area contributed by atoms with Crippen molar-refractivity contribution in [1.29, 1.82) is 0 Å². The summed E-state index contributed by atoms with van der Waals surface area (Å²) in [7, 11) is 0. The molecule has 1 fully saturated rings. The molecule has 0 bridgehead atoms. The first-order valence-corrected chi connectivity index (χ1v) is 10.8. The molecule has 3 aromatic heterocycles. The predicted molar refractivity (Wildman–Crippen MR) is 117 cm³/mol. The summed E-state index contributed by atoms with van der Waals surface area (Å²) in [6, 6.07) is 7.82. The summed E-state index contributed by atoms with van der Waals surface area (Å²) < 4.78 is 37.6. The van der Waals surface area contributed by atoms with Crippen LogP contribution in [0.5, 0.6) is 5.75 Å². The SMILES string of the molecule is Cc1nc(-c2nc(-c3ccc(OC(C)(F)F)cc3)no2)nn1Cc1ccnc(N2CCCC2)n1. The number of alkyl halides is 2. The molecule has 0 atom stereocenters. The monoisotopic (exact) mass is 468 g/mol. The summed E-state index contributed by atoms with van der Waals surface area (Å²) in [5.74, 6) is 2.15. The van der Waals surface area contributed by atoms with Crippen molar-refractivity contribution in [3.8, 4) is 28.9 Å². The van der Waals surface area contributed by atoms with E-state index >= 15 is 0 Å². The fourth-order valence-corrected chi connectivity index (χ4v) is 3.67. The van der Waals surface area contributed by atoms with Gasteiger partial charge >= 0.3 is 6.11 Å². The van der Waals surface area contributed by atoms with E-state index in [2.05, 4.69) is 39.8 Å². The maximum Gasteiger partial charge on any atom is 0.394 e. The van der Waals surface area contributed by atoms with Gasteiger partial charge in [-0.2, -0.15) is 13.8 Å². The van der Waals surface area contributed by atoms with Gasteiger partial charge in [-0.25, -0.2) is 19.6 Å². The average Bonchev–Trinajstić information content (AvgIpc) is 3.55. The Hall–Kier alpha value is -3.96. The van der Waals surface area contributed by atoms with Gasteiger partial charge < -0.3 is 14.2 Å². The van der Waals surface area contributed by atoms with Crippen molar-refractivity contribution in [2.75, 3.05) is 18.0 Å². The maximum atomic E-state index is 13.0. The Morgan fingerprint density at radius 2 is 1.79 bits per heavy atom. The highest BCUT2D eigenvalue weighted by molar-refractivity contribution is 5.57. The Kier molecular flexibility index (Phi) is 5.64. The Labute approximate surface area is 193 Å². The second kappa shape index (κ2) is 8.76. The highest BCUT2D eigenvalue weighted by Gasteiger charge is 2.23. The molecule has 4 aromatic rings. The number of ether oxygens (including phenoxy) is 1. The highest BCUT2D eigenvalue weighted by atomic mass is 19.3. The van der Waals surface area contributed by atoms with Gasteiger partial charge in [0.05, 0.1) is 12.2 Å². The first kappa shape index (κ1) is 21.9. The molecule has 4 heterocycles. The number of aromatic nitrogens is 7. The van der Waals surface area contributed by atoms with Crippen LogP contribution < -0.4 is 9.64 Å². The summed E-state index contributed by atoms with van der Waals surface area (Å²) in [6.07, 6.45) is 0.798. The Balaban J connectivity index is 1.31. The van der Waals surface area contributed by atoms with E-state index in [1.54, 1.807) is 23.0 Å². The van der Waals surface area contributed by atoms with Crippen LogP contribution in [0.3, 0.4) is 0 Å². The Bertz CT molecular complexity index is 1280. The first-order valence-electron chi connectivity index (χ1n) is 10.8. The van der Waals surface area contributed by atoms with Gasteiger partial charge in [0.15, 0.2) is 0 Å². The van der Waals surface area contributed by atoms with E-state index in [-0.39, 0.29) is 23.3 Å². The fourth-order valence-electron chi connectivity index (χ4n) is 3.67.